The summed E-state index contributed by atoms with van der Waals surface area (Å²) in [6.07, 6.45) is 2.31. The number of nitrogens with zero attached hydrogens (tertiary/aromatic N) is 3. The molecule has 0 radical (unpaired) electrons. The van der Waals surface area contributed by atoms with Crippen LogP contribution in [-0.4, -0.2) is 34.2 Å². The number of aromatic amines is 1. The lowest BCUT2D eigenvalue weighted by Gasteiger charge is -2.10. The normalized spacial score (nSPS) is 11.0. The molecule has 3 rings (SSSR count). The molecule has 3 aromatic rings. The third kappa shape index (κ3) is 4.47. The first kappa shape index (κ1) is 19.8. The maximum absolute atomic E-state index is 12.3. The van der Waals surface area contributed by atoms with Crippen molar-refractivity contribution < 1.29 is 14.3 Å². The zero-order valence-corrected chi connectivity index (χ0v) is 16.8. The Bertz CT molecular complexity index is 1070. The van der Waals surface area contributed by atoms with Crippen molar-refractivity contribution >= 4 is 36.0 Å². The van der Waals surface area contributed by atoms with Gasteiger partial charge in [0.05, 0.1) is 18.9 Å². The van der Waals surface area contributed by atoms with E-state index >= 15 is 0 Å². The molecule has 1 N–H and O–H groups in total. The Labute approximate surface area is 171 Å². The molecular weight excluding hydrogens is 400 g/mol. The van der Waals surface area contributed by atoms with Gasteiger partial charge in [-0.1, -0.05) is 18.5 Å². The summed E-state index contributed by atoms with van der Waals surface area (Å²) < 4.78 is 12.7. The number of methoxy groups -OCH3 is 1. The summed E-state index contributed by atoms with van der Waals surface area (Å²) in [6.45, 7) is 1.96. The highest BCUT2D eigenvalue weighted by Crippen LogP contribution is 2.28. The van der Waals surface area contributed by atoms with E-state index in [9.17, 15) is 4.79 Å². The highest BCUT2D eigenvalue weighted by molar-refractivity contribution is 7.71. The smallest absolute Gasteiger partial charge is 0.343 e. The van der Waals surface area contributed by atoms with Gasteiger partial charge in [-0.2, -0.15) is 14.9 Å². The van der Waals surface area contributed by atoms with Crippen molar-refractivity contribution in [1.29, 1.82) is 0 Å². The van der Waals surface area contributed by atoms with Crippen molar-refractivity contribution in [2.24, 2.45) is 5.10 Å². The number of nitrogens with one attached hydrogen (secondary N) is 1. The van der Waals surface area contributed by atoms with Crippen LogP contribution in [0.15, 0.2) is 47.6 Å². The molecule has 7 nitrogen and oxygen atoms in total. The number of hydrogen-bond acceptors (Lipinski definition) is 6. The highest BCUT2D eigenvalue weighted by atomic mass is 35.5. The summed E-state index contributed by atoms with van der Waals surface area (Å²) in [5, 5.41) is 11.7. The van der Waals surface area contributed by atoms with Crippen LogP contribution in [0.2, 0.25) is 5.02 Å². The van der Waals surface area contributed by atoms with E-state index in [1.165, 1.54) is 7.11 Å². The Morgan fingerprint density at radius 1 is 1.29 bits per heavy atom. The molecule has 0 atom stereocenters. The number of halogens is 1. The average molecular weight is 417 g/mol. The molecule has 144 valence electrons. The molecule has 0 fully saturated rings. The number of H-pyrrole nitrogens is 1. The standard InChI is InChI=1S/C19H17ClN4O3S/c1-3-17-22-23-19(28)24(17)21-11-12-4-9-15(16(10-12)26-2)27-18(25)13-5-7-14(20)8-6-13/h4-11H,3H2,1-2H3,(H,23,28)/b21-11+. The van der Waals surface area contributed by atoms with Crippen LogP contribution in [0.25, 0.3) is 0 Å². The van der Waals surface area contributed by atoms with E-state index in [1.54, 1.807) is 53.4 Å². The molecule has 28 heavy (non-hydrogen) atoms. The van der Waals surface area contributed by atoms with Crippen LogP contribution in [0.5, 0.6) is 11.5 Å². The number of rotatable bonds is 6. The zero-order valence-electron chi connectivity index (χ0n) is 15.2. The highest BCUT2D eigenvalue weighted by Gasteiger charge is 2.13. The van der Waals surface area contributed by atoms with Crippen molar-refractivity contribution in [2.75, 3.05) is 7.11 Å². The number of benzene rings is 2. The van der Waals surface area contributed by atoms with Crippen molar-refractivity contribution in [2.45, 2.75) is 13.3 Å². The third-order valence-electron chi connectivity index (χ3n) is 3.83. The second kappa shape index (κ2) is 8.81. The van der Waals surface area contributed by atoms with Crippen LogP contribution >= 0.6 is 23.8 Å². The molecule has 0 bridgehead atoms. The Morgan fingerprint density at radius 2 is 2.04 bits per heavy atom. The number of ether oxygens (including phenoxy) is 2. The van der Waals surface area contributed by atoms with Gasteiger partial charge in [0.25, 0.3) is 0 Å². The van der Waals surface area contributed by atoms with E-state index < -0.39 is 5.97 Å². The number of esters is 1. The van der Waals surface area contributed by atoms with Gasteiger partial charge in [-0.15, -0.1) is 0 Å². The monoisotopic (exact) mass is 416 g/mol. The number of carbonyl (C=O) groups excluding carboxylic acids is 1. The van der Waals surface area contributed by atoms with Crippen molar-refractivity contribution in [3.05, 3.63) is 69.2 Å². The summed E-state index contributed by atoms with van der Waals surface area (Å²) in [5.74, 6) is 0.918. The van der Waals surface area contributed by atoms with Crippen LogP contribution < -0.4 is 9.47 Å². The predicted molar refractivity (Wildman–Crippen MR) is 109 cm³/mol. The molecule has 0 saturated heterocycles. The van der Waals surface area contributed by atoms with Gasteiger partial charge in [-0.3, -0.25) is 5.10 Å². The lowest BCUT2D eigenvalue weighted by Crippen LogP contribution is -2.09. The van der Waals surface area contributed by atoms with E-state index in [-0.39, 0.29) is 0 Å². The molecule has 0 aliphatic heterocycles. The summed E-state index contributed by atoms with van der Waals surface area (Å²) in [5.41, 5.74) is 1.13. The minimum Gasteiger partial charge on any atom is -0.493 e. The van der Waals surface area contributed by atoms with Crippen molar-refractivity contribution in [1.82, 2.24) is 14.9 Å². The summed E-state index contributed by atoms with van der Waals surface area (Å²) in [7, 11) is 1.50. The molecule has 0 aliphatic rings. The second-order valence-corrected chi connectivity index (χ2v) is 6.48. The SMILES string of the molecule is CCc1n[nH]c(=S)n1/N=C/c1ccc(OC(=O)c2ccc(Cl)cc2)c(OC)c1. The molecular formula is C19H17ClN4O3S. The Hall–Kier alpha value is -2.97. The molecule has 1 heterocycles. The molecule has 0 spiro atoms. The molecule has 0 saturated carbocycles. The maximum atomic E-state index is 12.3. The van der Waals surface area contributed by atoms with Crippen LogP contribution in [0.4, 0.5) is 0 Å². The fourth-order valence-corrected chi connectivity index (χ4v) is 2.71. The molecule has 2 aromatic carbocycles. The van der Waals surface area contributed by atoms with Crippen LogP contribution in [0, 0.1) is 4.77 Å². The summed E-state index contributed by atoms with van der Waals surface area (Å²) in [6, 6.07) is 11.6. The third-order valence-corrected chi connectivity index (χ3v) is 4.34. The van der Waals surface area contributed by atoms with Gasteiger partial charge < -0.3 is 9.47 Å². The van der Waals surface area contributed by atoms with Crippen LogP contribution in [0.1, 0.15) is 28.7 Å². The average Bonchev–Trinajstić information content (AvgIpc) is 3.07. The number of hydrogen-bond donors (Lipinski definition) is 1. The van der Waals surface area contributed by atoms with Crippen LogP contribution in [0.3, 0.4) is 0 Å². The number of aromatic nitrogens is 3. The minimum atomic E-state index is -0.506. The first-order valence-electron chi connectivity index (χ1n) is 8.38. The van der Waals surface area contributed by atoms with Gasteiger partial charge >= 0.3 is 5.97 Å². The molecule has 0 amide bonds. The lowest BCUT2D eigenvalue weighted by molar-refractivity contribution is 0.0729. The number of carbonyl (C=O) groups is 1. The first-order chi connectivity index (χ1) is 13.5. The van der Waals surface area contributed by atoms with Crippen molar-refractivity contribution in [3.63, 3.8) is 0 Å². The van der Waals surface area contributed by atoms with Gasteiger partial charge in [0, 0.05) is 11.4 Å². The van der Waals surface area contributed by atoms with Crippen LogP contribution in [-0.2, 0) is 6.42 Å². The maximum Gasteiger partial charge on any atom is 0.343 e. The molecule has 1 aromatic heterocycles. The Balaban J connectivity index is 1.81. The molecule has 0 unspecified atom stereocenters. The van der Waals surface area contributed by atoms with Crippen molar-refractivity contribution in [3.8, 4) is 11.5 Å². The van der Waals surface area contributed by atoms with Gasteiger partial charge in [0.2, 0.25) is 4.77 Å². The summed E-state index contributed by atoms with van der Waals surface area (Å²) in [4.78, 5) is 12.3. The van der Waals surface area contributed by atoms with Gasteiger partial charge in [-0.05, 0) is 60.2 Å². The van der Waals surface area contributed by atoms with E-state index in [0.29, 0.717) is 33.3 Å². The Kier molecular flexibility index (Phi) is 6.23. The second-order valence-electron chi connectivity index (χ2n) is 5.66. The van der Waals surface area contributed by atoms with E-state index in [2.05, 4.69) is 15.3 Å². The van der Waals surface area contributed by atoms with Gasteiger partial charge in [0.1, 0.15) is 0 Å². The van der Waals surface area contributed by atoms with Gasteiger partial charge in [0.15, 0.2) is 17.3 Å². The summed E-state index contributed by atoms with van der Waals surface area (Å²) >= 11 is 11.0. The first-order valence-corrected chi connectivity index (χ1v) is 9.17. The van der Waals surface area contributed by atoms with E-state index in [4.69, 9.17) is 33.3 Å². The fraction of sp³-hybridized carbons (Fsp3) is 0.158. The Morgan fingerprint density at radius 3 is 2.71 bits per heavy atom. The van der Waals surface area contributed by atoms with E-state index in [0.717, 1.165) is 11.4 Å². The van der Waals surface area contributed by atoms with Gasteiger partial charge in [-0.25, -0.2) is 4.79 Å². The molecule has 0 aliphatic carbocycles. The minimum absolute atomic E-state index is 0.300. The topological polar surface area (TPSA) is 81.5 Å². The quantitative estimate of drug-likeness (QED) is 0.281. The van der Waals surface area contributed by atoms with E-state index in [1.807, 2.05) is 6.92 Å². The largest absolute Gasteiger partial charge is 0.493 e. The molecule has 9 heteroatoms. The fourth-order valence-electron chi connectivity index (χ4n) is 2.39. The zero-order chi connectivity index (χ0) is 20.1. The lowest BCUT2D eigenvalue weighted by atomic mass is 10.2. The predicted octanol–water partition coefficient (Wildman–Crippen LogP) is 4.27. The number of aryl methyl sites for hydroxylation is 1.